The lowest BCUT2D eigenvalue weighted by Crippen LogP contribution is -2.14. The van der Waals surface area contributed by atoms with Crippen molar-refractivity contribution in [3.63, 3.8) is 0 Å². The largest absolute Gasteiger partial charge is 0.467 e. The van der Waals surface area contributed by atoms with Crippen molar-refractivity contribution in [3.8, 4) is 5.75 Å². The molecule has 0 aliphatic rings. The zero-order chi connectivity index (χ0) is 19.9. The summed E-state index contributed by atoms with van der Waals surface area (Å²) in [4.78, 5) is 13.7. The SMILES string of the molecule is CCCCCCCOPO.CN(C)CCc1c[nH]c2cccc(OCO)c12. The Hall–Kier alpha value is -1.17. The molecule has 27 heavy (non-hydrogen) atoms. The third-order valence-electron chi connectivity index (χ3n) is 4.21. The number of likely N-dealkylation sites (N-methyl/N-ethyl adjacent to an activating group) is 1. The van der Waals surface area contributed by atoms with E-state index in [1.165, 1.54) is 31.2 Å². The number of benzene rings is 1. The molecule has 0 bridgehead atoms. The van der Waals surface area contributed by atoms with Crippen LogP contribution in [0.2, 0.25) is 0 Å². The quantitative estimate of drug-likeness (QED) is 0.285. The van der Waals surface area contributed by atoms with Crippen molar-refractivity contribution in [2.75, 3.05) is 34.0 Å². The molecule has 1 unspecified atom stereocenters. The predicted molar refractivity (Wildman–Crippen MR) is 114 cm³/mol. The molecule has 1 aromatic carbocycles. The number of aromatic amines is 1. The van der Waals surface area contributed by atoms with Crippen LogP contribution in [0.3, 0.4) is 0 Å². The maximum Gasteiger partial charge on any atom is 0.186 e. The van der Waals surface area contributed by atoms with Crippen molar-refractivity contribution in [1.29, 1.82) is 0 Å². The molecule has 3 N–H and O–H groups in total. The molecule has 0 aliphatic carbocycles. The van der Waals surface area contributed by atoms with Crippen LogP contribution >= 0.6 is 9.03 Å². The summed E-state index contributed by atoms with van der Waals surface area (Å²) in [5.41, 5.74) is 2.27. The van der Waals surface area contributed by atoms with Gasteiger partial charge >= 0.3 is 0 Å². The van der Waals surface area contributed by atoms with Gasteiger partial charge in [0.25, 0.3) is 0 Å². The van der Waals surface area contributed by atoms with Crippen molar-refractivity contribution in [3.05, 3.63) is 30.0 Å². The smallest absolute Gasteiger partial charge is 0.186 e. The van der Waals surface area contributed by atoms with Gasteiger partial charge in [0.05, 0.1) is 6.61 Å². The fourth-order valence-electron chi connectivity index (χ4n) is 2.77. The van der Waals surface area contributed by atoms with Crippen molar-refractivity contribution in [2.45, 2.75) is 45.4 Å². The third-order valence-corrected chi connectivity index (χ3v) is 4.55. The Balaban J connectivity index is 0.000000314. The van der Waals surface area contributed by atoms with Crippen LogP contribution < -0.4 is 4.74 Å². The highest BCUT2D eigenvalue weighted by atomic mass is 31.1. The van der Waals surface area contributed by atoms with Crippen LogP contribution in [0.25, 0.3) is 10.9 Å². The lowest BCUT2D eigenvalue weighted by molar-refractivity contribution is 0.1000. The number of aromatic nitrogens is 1. The van der Waals surface area contributed by atoms with E-state index in [2.05, 4.69) is 30.9 Å². The van der Waals surface area contributed by atoms with Crippen LogP contribution in [-0.2, 0) is 10.9 Å². The summed E-state index contributed by atoms with van der Waals surface area (Å²) in [6.45, 7) is 3.61. The summed E-state index contributed by atoms with van der Waals surface area (Å²) >= 11 is 0. The van der Waals surface area contributed by atoms with Crippen LogP contribution in [0.5, 0.6) is 5.75 Å². The molecule has 0 saturated carbocycles. The van der Waals surface area contributed by atoms with Gasteiger partial charge in [-0.2, -0.15) is 0 Å². The average Bonchev–Trinajstić information content (AvgIpc) is 3.08. The highest BCUT2D eigenvalue weighted by Crippen LogP contribution is 2.29. The van der Waals surface area contributed by atoms with Gasteiger partial charge in [-0.15, -0.1) is 0 Å². The highest BCUT2D eigenvalue weighted by molar-refractivity contribution is 7.24. The van der Waals surface area contributed by atoms with Crippen LogP contribution in [0, 0.1) is 0 Å². The van der Waals surface area contributed by atoms with Gasteiger partial charge in [-0.05, 0) is 44.6 Å². The molecule has 6 nitrogen and oxygen atoms in total. The van der Waals surface area contributed by atoms with Gasteiger partial charge in [-0.25, -0.2) is 0 Å². The molecule has 0 aliphatic heterocycles. The molecule has 2 aromatic rings. The zero-order valence-corrected chi connectivity index (χ0v) is 17.8. The average molecular weight is 398 g/mol. The van der Waals surface area contributed by atoms with Gasteiger partial charge in [-0.3, -0.25) is 0 Å². The van der Waals surface area contributed by atoms with E-state index in [-0.39, 0.29) is 15.8 Å². The van der Waals surface area contributed by atoms with E-state index < -0.39 is 0 Å². The van der Waals surface area contributed by atoms with E-state index in [0.29, 0.717) is 0 Å². The highest BCUT2D eigenvalue weighted by Gasteiger charge is 2.09. The molecular weight excluding hydrogens is 363 g/mol. The van der Waals surface area contributed by atoms with E-state index in [0.717, 1.165) is 42.6 Å². The number of hydrogen-bond acceptors (Lipinski definition) is 5. The third kappa shape index (κ3) is 9.54. The second kappa shape index (κ2) is 14.8. The van der Waals surface area contributed by atoms with Crippen molar-refractivity contribution < 1.29 is 19.3 Å². The molecule has 0 spiro atoms. The number of nitrogens with one attached hydrogen (secondary N) is 1. The maximum absolute atomic E-state index is 8.89. The number of rotatable bonds is 12. The molecule has 1 aromatic heterocycles. The molecule has 7 heteroatoms. The first-order chi connectivity index (χ1) is 13.1. The standard InChI is InChI=1S/C13H18N2O2.C7H17O2P/c1-15(2)7-6-10-8-14-11-4-3-5-12(13(10)11)17-9-16;1-2-3-4-5-6-7-9-10-8/h3-5,8,14,16H,6-7,9H2,1-2H3;8,10H,2-7H2,1H3. The van der Waals surface area contributed by atoms with Gasteiger partial charge in [0.2, 0.25) is 0 Å². The van der Waals surface area contributed by atoms with Crippen molar-refractivity contribution >= 4 is 19.9 Å². The minimum atomic E-state index is -0.330. The summed E-state index contributed by atoms with van der Waals surface area (Å²) in [6, 6.07) is 5.81. The van der Waals surface area contributed by atoms with Gasteiger partial charge < -0.3 is 29.1 Å². The molecule has 0 fully saturated rings. The number of ether oxygens (including phenoxy) is 1. The molecular formula is C20H35N2O4P. The Morgan fingerprint density at radius 3 is 2.59 bits per heavy atom. The fraction of sp³-hybridized carbons (Fsp3) is 0.600. The number of unbranched alkanes of at least 4 members (excludes halogenated alkanes) is 4. The van der Waals surface area contributed by atoms with Crippen LogP contribution in [0.15, 0.2) is 24.4 Å². The summed E-state index contributed by atoms with van der Waals surface area (Å²) in [6.07, 6.45) is 9.20. The number of H-pyrrole nitrogens is 1. The lowest BCUT2D eigenvalue weighted by Gasteiger charge is -2.10. The number of aliphatic hydroxyl groups is 1. The Labute approximate surface area is 164 Å². The van der Waals surface area contributed by atoms with Crippen molar-refractivity contribution in [2.24, 2.45) is 0 Å². The minimum absolute atomic E-state index is 0.294. The Morgan fingerprint density at radius 1 is 1.15 bits per heavy atom. The number of aliphatic hydroxyl groups excluding tert-OH is 1. The molecule has 0 amide bonds. The summed E-state index contributed by atoms with van der Waals surface area (Å²) in [5.74, 6) is 0.736. The second-order valence-corrected chi connectivity index (χ2v) is 7.14. The van der Waals surface area contributed by atoms with Crippen LogP contribution in [-0.4, -0.2) is 53.9 Å². The molecule has 1 atom stereocenters. The van der Waals surface area contributed by atoms with E-state index >= 15 is 0 Å². The minimum Gasteiger partial charge on any atom is -0.467 e. The maximum atomic E-state index is 8.89. The molecule has 154 valence electrons. The first-order valence-corrected chi connectivity index (χ1v) is 10.5. The number of hydrogen-bond donors (Lipinski definition) is 3. The Morgan fingerprint density at radius 2 is 1.93 bits per heavy atom. The van der Waals surface area contributed by atoms with Gasteiger partial charge in [0, 0.05) is 23.6 Å². The molecule has 0 saturated heterocycles. The van der Waals surface area contributed by atoms with E-state index in [1.54, 1.807) is 0 Å². The zero-order valence-electron chi connectivity index (χ0n) is 16.8. The van der Waals surface area contributed by atoms with Gasteiger partial charge in [-0.1, -0.05) is 38.7 Å². The summed E-state index contributed by atoms with van der Waals surface area (Å²) in [7, 11) is 3.78. The second-order valence-electron chi connectivity index (χ2n) is 6.67. The normalized spacial score (nSPS) is 11.3. The lowest BCUT2D eigenvalue weighted by atomic mass is 10.1. The predicted octanol–water partition coefficient (Wildman–Crippen LogP) is 4.07. The molecule has 0 radical (unpaired) electrons. The fourth-order valence-corrected chi connectivity index (χ4v) is 3.01. The summed E-state index contributed by atoms with van der Waals surface area (Å²) < 4.78 is 10.0. The number of nitrogens with zero attached hydrogens (tertiary/aromatic N) is 1. The molecule has 1 heterocycles. The van der Waals surface area contributed by atoms with Gasteiger partial charge in [0.15, 0.2) is 15.8 Å². The first-order valence-electron chi connectivity index (χ1n) is 9.62. The number of fused-ring (bicyclic) bond motifs is 1. The Kier molecular flexibility index (Phi) is 13.1. The van der Waals surface area contributed by atoms with E-state index in [4.69, 9.17) is 19.3 Å². The summed E-state index contributed by atoms with van der Waals surface area (Å²) in [5, 5.41) is 9.96. The first kappa shape index (κ1) is 23.9. The molecule has 2 rings (SSSR count). The monoisotopic (exact) mass is 398 g/mol. The van der Waals surface area contributed by atoms with E-state index in [1.807, 2.05) is 24.4 Å². The van der Waals surface area contributed by atoms with Crippen LogP contribution in [0.1, 0.15) is 44.6 Å². The van der Waals surface area contributed by atoms with Crippen molar-refractivity contribution in [1.82, 2.24) is 9.88 Å². The van der Waals surface area contributed by atoms with Gasteiger partial charge in [0.1, 0.15) is 5.75 Å². The van der Waals surface area contributed by atoms with E-state index in [9.17, 15) is 0 Å². The van der Waals surface area contributed by atoms with Crippen LogP contribution in [0.4, 0.5) is 0 Å². The topological polar surface area (TPSA) is 78.0 Å². The Bertz CT molecular complexity index is 611.